The molecule has 0 aliphatic rings. The minimum Gasteiger partial charge on any atom is -0.382 e. The number of amides is 1. The second-order valence-corrected chi connectivity index (χ2v) is 3.72. The zero-order valence-corrected chi connectivity index (χ0v) is 10.0. The van der Waals surface area contributed by atoms with E-state index < -0.39 is 10.8 Å². The lowest BCUT2D eigenvalue weighted by Crippen LogP contribution is -2.09. The lowest BCUT2D eigenvalue weighted by atomic mass is 10.2. The zero-order valence-electron chi connectivity index (χ0n) is 10.0. The van der Waals surface area contributed by atoms with Crippen molar-refractivity contribution in [2.75, 3.05) is 12.4 Å². The van der Waals surface area contributed by atoms with Gasteiger partial charge >= 0.3 is 5.69 Å². The minimum absolute atomic E-state index is 0.121. The van der Waals surface area contributed by atoms with Gasteiger partial charge in [-0.15, -0.1) is 0 Å². The van der Waals surface area contributed by atoms with Gasteiger partial charge in [0.15, 0.2) is 0 Å². The van der Waals surface area contributed by atoms with E-state index in [1.54, 1.807) is 19.2 Å². The quantitative estimate of drug-likeness (QED) is 0.627. The molecule has 0 unspecified atom stereocenters. The number of para-hydroxylation sites is 1. The second-order valence-electron chi connectivity index (χ2n) is 3.72. The van der Waals surface area contributed by atoms with Crippen molar-refractivity contribution in [3.8, 4) is 5.69 Å². The summed E-state index contributed by atoms with van der Waals surface area (Å²) >= 11 is 0. The smallest absolute Gasteiger partial charge is 0.317 e. The van der Waals surface area contributed by atoms with Crippen molar-refractivity contribution in [3.63, 3.8) is 0 Å². The van der Waals surface area contributed by atoms with E-state index in [-0.39, 0.29) is 16.9 Å². The monoisotopic (exact) mass is 261 g/mol. The van der Waals surface area contributed by atoms with Crippen LogP contribution in [0.4, 0.5) is 11.4 Å². The highest BCUT2D eigenvalue weighted by Gasteiger charge is 2.21. The Kier molecular flexibility index (Phi) is 3.15. The summed E-state index contributed by atoms with van der Waals surface area (Å²) in [5.41, 5.74) is 5.80. The van der Waals surface area contributed by atoms with Crippen LogP contribution in [0.5, 0.6) is 0 Å². The molecule has 1 heterocycles. The van der Waals surface area contributed by atoms with Crippen LogP contribution in [0.2, 0.25) is 0 Å². The highest BCUT2D eigenvalue weighted by molar-refractivity contribution is 5.92. The molecule has 2 aromatic rings. The first-order valence-corrected chi connectivity index (χ1v) is 5.34. The van der Waals surface area contributed by atoms with Crippen LogP contribution in [0, 0.1) is 10.1 Å². The molecular weight excluding hydrogens is 250 g/mol. The van der Waals surface area contributed by atoms with Crippen LogP contribution >= 0.6 is 0 Å². The third-order valence-corrected chi connectivity index (χ3v) is 2.58. The second kappa shape index (κ2) is 4.77. The molecule has 0 aliphatic heterocycles. The maximum Gasteiger partial charge on any atom is 0.317 e. The molecule has 2 rings (SSSR count). The number of nitrogens with zero attached hydrogens (tertiary/aromatic N) is 3. The van der Waals surface area contributed by atoms with E-state index >= 15 is 0 Å². The molecule has 8 heteroatoms. The molecule has 1 aromatic heterocycles. The van der Waals surface area contributed by atoms with Crippen LogP contribution < -0.4 is 11.1 Å². The molecule has 0 fully saturated rings. The first-order valence-electron chi connectivity index (χ1n) is 5.34. The number of benzene rings is 1. The molecule has 8 nitrogen and oxygen atoms in total. The van der Waals surface area contributed by atoms with Crippen molar-refractivity contribution < 1.29 is 9.72 Å². The Hall–Kier alpha value is -2.90. The van der Waals surface area contributed by atoms with Crippen molar-refractivity contribution in [2.45, 2.75) is 0 Å². The molecule has 0 spiro atoms. The number of nitrogens with two attached hydrogens (primary N) is 1. The van der Waals surface area contributed by atoms with Crippen LogP contribution in [-0.4, -0.2) is 27.7 Å². The predicted octanol–water partition coefficient (Wildman–Crippen LogP) is 0.921. The van der Waals surface area contributed by atoms with Crippen LogP contribution in [0.1, 0.15) is 10.4 Å². The number of aromatic nitrogens is 2. The Bertz CT molecular complexity index is 650. The minimum atomic E-state index is -0.640. The molecule has 0 bridgehead atoms. The summed E-state index contributed by atoms with van der Waals surface area (Å²) in [6.45, 7) is 0. The summed E-state index contributed by atoms with van der Waals surface area (Å²) in [5, 5.41) is 17.8. The third kappa shape index (κ3) is 2.23. The number of rotatable bonds is 4. The molecule has 0 aliphatic carbocycles. The maximum atomic E-state index is 11.1. The van der Waals surface area contributed by atoms with Crippen LogP contribution in [-0.2, 0) is 0 Å². The number of carbonyl (C=O) groups is 1. The average molecular weight is 261 g/mol. The Morgan fingerprint density at radius 3 is 2.79 bits per heavy atom. The summed E-state index contributed by atoms with van der Waals surface area (Å²) in [6.07, 6.45) is 2.61. The molecule has 1 aromatic carbocycles. The molecule has 1 amide bonds. The van der Waals surface area contributed by atoms with Gasteiger partial charge in [-0.1, -0.05) is 6.07 Å². The van der Waals surface area contributed by atoms with Gasteiger partial charge in [0.25, 0.3) is 5.91 Å². The summed E-state index contributed by atoms with van der Waals surface area (Å²) < 4.78 is 1.25. The van der Waals surface area contributed by atoms with E-state index in [4.69, 9.17) is 5.73 Å². The van der Waals surface area contributed by atoms with Gasteiger partial charge in [-0.2, -0.15) is 5.10 Å². The van der Waals surface area contributed by atoms with Gasteiger partial charge in [-0.05, 0) is 12.1 Å². The number of carbonyl (C=O) groups excluding carboxylic acids is 1. The fourth-order valence-electron chi connectivity index (χ4n) is 1.69. The van der Waals surface area contributed by atoms with Crippen molar-refractivity contribution in [3.05, 3.63) is 46.3 Å². The molecule has 0 saturated heterocycles. The van der Waals surface area contributed by atoms with Gasteiger partial charge in [0.05, 0.1) is 16.7 Å². The highest BCUT2D eigenvalue weighted by atomic mass is 16.6. The van der Waals surface area contributed by atoms with Gasteiger partial charge in [0.1, 0.15) is 11.4 Å². The van der Waals surface area contributed by atoms with Crippen LogP contribution in [0.3, 0.4) is 0 Å². The Morgan fingerprint density at radius 2 is 2.26 bits per heavy atom. The van der Waals surface area contributed by atoms with Crippen LogP contribution in [0.25, 0.3) is 5.69 Å². The van der Waals surface area contributed by atoms with Gasteiger partial charge in [0, 0.05) is 13.2 Å². The average Bonchev–Trinajstić information content (AvgIpc) is 2.87. The molecule has 98 valence electrons. The summed E-state index contributed by atoms with van der Waals surface area (Å²) in [6, 6.07) is 4.77. The standard InChI is InChI=1S/C11H11N5O3/c1-13-8-3-2-4-9(10(8)16(18)19)15-6-7(5-14-15)11(12)17/h2-6,13H,1H3,(H2,12,17). The third-order valence-electron chi connectivity index (χ3n) is 2.58. The normalized spacial score (nSPS) is 10.2. The highest BCUT2D eigenvalue weighted by Crippen LogP contribution is 2.30. The van der Waals surface area contributed by atoms with Gasteiger partial charge in [-0.3, -0.25) is 14.9 Å². The topological polar surface area (TPSA) is 116 Å². The fourth-order valence-corrected chi connectivity index (χ4v) is 1.69. The molecular formula is C11H11N5O3. The molecule has 0 saturated carbocycles. The largest absolute Gasteiger partial charge is 0.382 e. The van der Waals surface area contributed by atoms with E-state index in [1.807, 2.05) is 0 Å². The number of primary amides is 1. The van der Waals surface area contributed by atoms with Gasteiger partial charge in [0.2, 0.25) is 0 Å². The summed E-state index contributed by atoms with van der Waals surface area (Å²) in [5.74, 6) is -0.640. The number of nitro benzene ring substituents is 1. The SMILES string of the molecule is CNc1cccc(-n2cc(C(N)=O)cn2)c1[N+](=O)[O-]. The Labute approximate surface area is 108 Å². The van der Waals surface area contributed by atoms with E-state index in [0.717, 1.165) is 0 Å². The van der Waals surface area contributed by atoms with Gasteiger partial charge < -0.3 is 11.1 Å². The molecule has 3 N–H and O–H groups in total. The Balaban J connectivity index is 2.60. The molecule has 0 atom stereocenters. The predicted molar refractivity (Wildman–Crippen MR) is 68.3 cm³/mol. The first kappa shape index (κ1) is 12.6. The van der Waals surface area contributed by atoms with E-state index in [9.17, 15) is 14.9 Å². The van der Waals surface area contributed by atoms with Gasteiger partial charge in [-0.25, -0.2) is 4.68 Å². The zero-order chi connectivity index (χ0) is 14.0. The number of anilines is 1. The van der Waals surface area contributed by atoms with Crippen LogP contribution in [0.15, 0.2) is 30.6 Å². The molecule has 19 heavy (non-hydrogen) atoms. The lowest BCUT2D eigenvalue weighted by Gasteiger charge is -2.07. The van der Waals surface area contributed by atoms with Crippen molar-refractivity contribution >= 4 is 17.3 Å². The number of hydrogen-bond acceptors (Lipinski definition) is 5. The van der Waals surface area contributed by atoms with E-state index in [1.165, 1.54) is 23.1 Å². The first-order chi connectivity index (χ1) is 9.04. The lowest BCUT2D eigenvalue weighted by molar-refractivity contribution is -0.383. The van der Waals surface area contributed by atoms with E-state index in [0.29, 0.717) is 5.69 Å². The fraction of sp³-hybridized carbons (Fsp3) is 0.0909. The van der Waals surface area contributed by atoms with E-state index in [2.05, 4.69) is 10.4 Å². The van der Waals surface area contributed by atoms with Crippen molar-refractivity contribution in [1.82, 2.24) is 9.78 Å². The molecule has 0 radical (unpaired) electrons. The number of hydrogen-bond donors (Lipinski definition) is 2. The van der Waals surface area contributed by atoms with Crippen molar-refractivity contribution in [2.24, 2.45) is 5.73 Å². The number of nitrogens with one attached hydrogen (secondary N) is 1. The summed E-state index contributed by atoms with van der Waals surface area (Å²) in [7, 11) is 1.59. The van der Waals surface area contributed by atoms with Crippen molar-refractivity contribution in [1.29, 1.82) is 0 Å². The Morgan fingerprint density at radius 1 is 1.53 bits per heavy atom. The summed E-state index contributed by atoms with van der Waals surface area (Å²) in [4.78, 5) is 21.7. The maximum absolute atomic E-state index is 11.1. The number of nitro groups is 1.